The molecule has 0 radical (unpaired) electrons. The number of hydrogen-bond donors (Lipinski definition) is 1. The minimum absolute atomic E-state index is 0.190. The Hall–Kier alpha value is -3.21. The first kappa shape index (κ1) is 17.6. The largest absolute Gasteiger partial charge is 0.495 e. The van der Waals surface area contributed by atoms with E-state index in [1.54, 1.807) is 43.8 Å². The van der Waals surface area contributed by atoms with Crippen LogP contribution in [0.2, 0.25) is 0 Å². The zero-order chi connectivity index (χ0) is 18.4. The van der Waals surface area contributed by atoms with Crippen LogP contribution in [-0.2, 0) is 11.2 Å². The van der Waals surface area contributed by atoms with Crippen molar-refractivity contribution < 1.29 is 13.9 Å². The maximum Gasteiger partial charge on any atom is 0.232 e. The molecule has 132 valence electrons. The Labute approximate surface area is 151 Å². The Morgan fingerprint density at radius 2 is 1.88 bits per heavy atom. The highest BCUT2D eigenvalue weighted by molar-refractivity contribution is 5.97. The van der Waals surface area contributed by atoms with E-state index < -0.39 is 5.92 Å². The number of benzene rings is 2. The van der Waals surface area contributed by atoms with Crippen molar-refractivity contribution >= 4 is 11.6 Å². The summed E-state index contributed by atoms with van der Waals surface area (Å²) < 4.78 is 18.6. The zero-order valence-electron chi connectivity index (χ0n) is 14.4. The normalized spacial score (nSPS) is 11.6. The molecule has 5 heteroatoms. The van der Waals surface area contributed by atoms with Crippen LogP contribution >= 0.6 is 0 Å². The van der Waals surface area contributed by atoms with Crippen molar-refractivity contribution in [2.24, 2.45) is 0 Å². The molecule has 3 rings (SSSR count). The number of nitrogens with one attached hydrogen (secondary N) is 1. The number of nitrogens with zero attached hydrogens (tertiary/aromatic N) is 1. The predicted octanol–water partition coefficient (Wildman–Crippen LogP) is 4.19. The van der Waals surface area contributed by atoms with E-state index in [9.17, 15) is 9.18 Å². The van der Waals surface area contributed by atoms with E-state index in [4.69, 9.17) is 4.74 Å². The fraction of sp³-hybridized carbons (Fsp3) is 0.143. The molecule has 0 aliphatic carbocycles. The van der Waals surface area contributed by atoms with Crippen LogP contribution in [0.1, 0.15) is 17.0 Å². The molecule has 1 amide bonds. The van der Waals surface area contributed by atoms with Gasteiger partial charge < -0.3 is 10.1 Å². The summed E-state index contributed by atoms with van der Waals surface area (Å²) in [7, 11) is 1.55. The van der Waals surface area contributed by atoms with Gasteiger partial charge in [-0.15, -0.1) is 0 Å². The first-order valence-electron chi connectivity index (χ1n) is 8.25. The highest BCUT2D eigenvalue weighted by Gasteiger charge is 2.22. The number of carbonyl (C=O) groups is 1. The molecular weight excluding hydrogens is 331 g/mol. The monoisotopic (exact) mass is 350 g/mol. The van der Waals surface area contributed by atoms with E-state index in [2.05, 4.69) is 10.3 Å². The van der Waals surface area contributed by atoms with Crippen molar-refractivity contribution in [3.05, 3.63) is 90.0 Å². The minimum Gasteiger partial charge on any atom is -0.495 e. The van der Waals surface area contributed by atoms with E-state index in [1.165, 1.54) is 12.1 Å². The second kappa shape index (κ2) is 8.25. The first-order valence-corrected chi connectivity index (χ1v) is 8.25. The number of pyridine rings is 1. The summed E-state index contributed by atoms with van der Waals surface area (Å²) in [5.41, 5.74) is 2.26. The third-order valence-electron chi connectivity index (χ3n) is 4.12. The Morgan fingerprint density at radius 3 is 2.58 bits per heavy atom. The summed E-state index contributed by atoms with van der Waals surface area (Å²) in [6, 6.07) is 17.0. The number of amides is 1. The smallest absolute Gasteiger partial charge is 0.232 e. The molecule has 0 bridgehead atoms. The Bertz CT molecular complexity index is 867. The molecule has 0 aliphatic heterocycles. The molecular formula is C21H19FN2O2. The van der Waals surface area contributed by atoms with Gasteiger partial charge in [0.1, 0.15) is 11.6 Å². The Kier molecular flexibility index (Phi) is 5.59. The lowest BCUT2D eigenvalue weighted by atomic mass is 9.91. The summed E-state index contributed by atoms with van der Waals surface area (Å²) in [6.07, 6.45) is 3.87. The highest BCUT2D eigenvalue weighted by Crippen LogP contribution is 2.27. The van der Waals surface area contributed by atoms with E-state index in [0.29, 0.717) is 17.9 Å². The van der Waals surface area contributed by atoms with Crippen LogP contribution in [0.4, 0.5) is 10.1 Å². The van der Waals surface area contributed by atoms with Crippen LogP contribution in [0.15, 0.2) is 73.1 Å². The van der Waals surface area contributed by atoms with Crippen LogP contribution in [0.5, 0.6) is 5.75 Å². The number of anilines is 1. The maximum absolute atomic E-state index is 13.3. The van der Waals surface area contributed by atoms with Gasteiger partial charge in [-0.1, -0.05) is 30.3 Å². The van der Waals surface area contributed by atoms with Crippen molar-refractivity contribution in [3.8, 4) is 5.75 Å². The highest BCUT2D eigenvalue weighted by atomic mass is 19.1. The van der Waals surface area contributed by atoms with Gasteiger partial charge in [-0.2, -0.15) is 0 Å². The van der Waals surface area contributed by atoms with Gasteiger partial charge in [0.25, 0.3) is 0 Å². The molecule has 0 fully saturated rings. The lowest BCUT2D eigenvalue weighted by molar-refractivity contribution is -0.117. The third-order valence-corrected chi connectivity index (χ3v) is 4.12. The lowest BCUT2D eigenvalue weighted by Gasteiger charge is -2.18. The summed E-state index contributed by atoms with van der Waals surface area (Å²) >= 11 is 0. The number of para-hydroxylation sites is 2. The molecule has 1 atom stereocenters. The minimum atomic E-state index is -0.482. The second-order valence-electron chi connectivity index (χ2n) is 5.86. The summed E-state index contributed by atoms with van der Waals surface area (Å²) in [5, 5.41) is 2.92. The molecule has 0 saturated carbocycles. The van der Waals surface area contributed by atoms with Crippen molar-refractivity contribution in [3.63, 3.8) is 0 Å². The lowest BCUT2D eigenvalue weighted by Crippen LogP contribution is -2.23. The van der Waals surface area contributed by atoms with Gasteiger partial charge >= 0.3 is 0 Å². The van der Waals surface area contributed by atoms with Crippen molar-refractivity contribution in [1.29, 1.82) is 0 Å². The first-order chi connectivity index (χ1) is 12.7. The van der Waals surface area contributed by atoms with E-state index in [1.807, 2.05) is 24.3 Å². The van der Waals surface area contributed by atoms with Crippen molar-refractivity contribution in [1.82, 2.24) is 4.98 Å². The van der Waals surface area contributed by atoms with Crippen molar-refractivity contribution in [2.75, 3.05) is 12.4 Å². The quantitative estimate of drug-likeness (QED) is 0.725. The number of aromatic nitrogens is 1. The molecule has 3 aromatic rings. The molecule has 1 N–H and O–H groups in total. The van der Waals surface area contributed by atoms with Crippen LogP contribution in [0.3, 0.4) is 0 Å². The average molecular weight is 350 g/mol. The van der Waals surface area contributed by atoms with Gasteiger partial charge in [-0.3, -0.25) is 9.78 Å². The van der Waals surface area contributed by atoms with Crippen LogP contribution < -0.4 is 10.1 Å². The molecule has 1 aromatic heterocycles. The summed E-state index contributed by atoms with van der Waals surface area (Å²) in [6.45, 7) is 0. The second-order valence-corrected chi connectivity index (χ2v) is 5.86. The summed E-state index contributed by atoms with van der Waals surface area (Å²) in [5.74, 6) is -0.422. The molecule has 2 aromatic carbocycles. The maximum atomic E-state index is 13.3. The molecule has 1 heterocycles. The van der Waals surface area contributed by atoms with Crippen LogP contribution in [0, 0.1) is 5.82 Å². The number of carbonyl (C=O) groups excluding carboxylic acids is 1. The van der Waals surface area contributed by atoms with E-state index in [0.717, 1.165) is 11.1 Å². The molecule has 26 heavy (non-hydrogen) atoms. The zero-order valence-corrected chi connectivity index (χ0v) is 14.4. The number of methoxy groups -OCH3 is 1. The number of rotatable bonds is 6. The molecule has 0 saturated heterocycles. The SMILES string of the molecule is COc1ccccc1NC(=O)C(Cc1cccnc1)c1ccc(F)cc1. The fourth-order valence-electron chi connectivity index (χ4n) is 2.78. The van der Waals surface area contributed by atoms with Gasteiger partial charge in [-0.25, -0.2) is 4.39 Å². The molecule has 4 nitrogen and oxygen atoms in total. The average Bonchev–Trinajstić information content (AvgIpc) is 2.68. The van der Waals surface area contributed by atoms with E-state index in [-0.39, 0.29) is 11.7 Å². The predicted molar refractivity (Wildman–Crippen MR) is 98.7 cm³/mol. The van der Waals surface area contributed by atoms with E-state index >= 15 is 0 Å². The van der Waals surface area contributed by atoms with Crippen molar-refractivity contribution in [2.45, 2.75) is 12.3 Å². The summed E-state index contributed by atoms with van der Waals surface area (Å²) in [4.78, 5) is 17.1. The molecule has 0 spiro atoms. The standard InChI is InChI=1S/C21H19FN2O2/c1-26-20-7-3-2-6-19(20)24-21(25)18(13-15-5-4-12-23-14-15)16-8-10-17(22)11-9-16/h2-12,14,18H,13H2,1H3,(H,24,25). The van der Waals surface area contributed by atoms with Gasteiger partial charge in [0, 0.05) is 12.4 Å². The molecule has 1 unspecified atom stereocenters. The van der Waals surface area contributed by atoms with Gasteiger partial charge in [0.15, 0.2) is 0 Å². The van der Waals surface area contributed by atoms with Gasteiger partial charge in [0.2, 0.25) is 5.91 Å². The van der Waals surface area contributed by atoms with Gasteiger partial charge in [-0.05, 0) is 47.9 Å². The number of ether oxygens (including phenoxy) is 1. The Morgan fingerprint density at radius 1 is 1.12 bits per heavy atom. The fourth-order valence-corrected chi connectivity index (χ4v) is 2.78. The topological polar surface area (TPSA) is 51.2 Å². The van der Waals surface area contributed by atoms with Gasteiger partial charge in [0.05, 0.1) is 18.7 Å². The van der Waals surface area contributed by atoms with Crippen LogP contribution in [-0.4, -0.2) is 18.0 Å². The molecule has 0 aliphatic rings. The Balaban J connectivity index is 1.89. The van der Waals surface area contributed by atoms with Crippen LogP contribution in [0.25, 0.3) is 0 Å². The number of halogens is 1. The number of hydrogen-bond acceptors (Lipinski definition) is 3. The third kappa shape index (κ3) is 4.25.